The summed E-state index contributed by atoms with van der Waals surface area (Å²) in [7, 11) is 6.71. The van der Waals surface area contributed by atoms with Crippen molar-refractivity contribution in [1.29, 1.82) is 0 Å². The number of ether oxygens (including phenoxy) is 4. The molecule has 0 fully saturated rings. The molecule has 0 aromatic heterocycles. The number of rotatable bonds is 7. The van der Waals surface area contributed by atoms with Gasteiger partial charge in [-0.1, -0.05) is 0 Å². The molecule has 4 heteroatoms. The minimum atomic E-state index is 0.511. The van der Waals surface area contributed by atoms with E-state index in [-0.39, 0.29) is 0 Å². The maximum Gasteiger partial charge on any atom is 0.130 e. The molecule has 0 N–H and O–H groups in total. The summed E-state index contributed by atoms with van der Waals surface area (Å²) >= 11 is 0. The molecular formula is C14H22O4. The second-order valence-corrected chi connectivity index (χ2v) is 4.13. The average molecular weight is 254 g/mol. The van der Waals surface area contributed by atoms with Crippen LogP contribution in [0.4, 0.5) is 0 Å². The summed E-state index contributed by atoms with van der Waals surface area (Å²) in [6.45, 7) is 3.66. The third-order valence-electron chi connectivity index (χ3n) is 2.94. The first-order chi connectivity index (χ1) is 8.69. The van der Waals surface area contributed by atoms with Crippen LogP contribution < -0.4 is 4.74 Å². The van der Waals surface area contributed by atoms with E-state index in [2.05, 4.69) is 13.0 Å². The van der Waals surface area contributed by atoms with E-state index < -0.39 is 0 Å². The highest BCUT2D eigenvalue weighted by atomic mass is 16.5. The first-order valence-corrected chi connectivity index (χ1v) is 5.84. The van der Waals surface area contributed by atoms with Crippen LogP contribution in [-0.4, -0.2) is 28.4 Å². The van der Waals surface area contributed by atoms with Crippen molar-refractivity contribution in [3.05, 3.63) is 28.3 Å². The molecule has 0 radical (unpaired) electrons. The zero-order valence-electron chi connectivity index (χ0n) is 11.8. The normalized spacial score (nSPS) is 10.7. The van der Waals surface area contributed by atoms with Gasteiger partial charge in [-0.25, -0.2) is 0 Å². The van der Waals surface area contributed by atoms with Crippen LogP contribution in [0.1, 0.15) is 22.3 Å². The molecule has 18 heavy (non-hydrogen) atoms. The van der Waals surface area contributed by atoms with Gasteiger partial charge in [0.15, 0.2) is 0 Å². The Hall–Kier alpha value is -1.10. The van der Waals surface area contributed by atoms with Crippen LogP contribution in [0.3, 0.4) is 0 Å². The van der Waals surface area contributed by atoms with Crippen molar-refractivity contribution in [3.63, 3.8) is 0 Å². The lowest BCUT2D eigenvalue weighted by molar-refractivity contribution is 0.169. The van der Waals surface area contributed by atoms with Gasteiger partial charge in [-0.2, -0.15) is 0 Å². The lowest BCUT2D eigenvalue weighted by Gasteiger charge is -2.18. The monoisotopic (exact) mass is 254 g/mol. The van der Waals surface area contributed by atoms with Gasteiger partial charge < -0.3 is 18.9 Å². The molecule has 0 saturated carbocycles. The molecule has 0 aliphatic heterocycles. The minimum Gasteiger partial charge on any atom is -0.496 e. The molecule has 0 aliphatic carbocycles. The molecule has 0 spiro atoms. The first-order valence-electron chi connectivity index (χ1n) is 5.84. The summed E-state index contributed by atoms with van der Waals surface area (Å²) in [5.74, 6) is 0.844. The van der Waals surface area contributed by atoms with Gasteiger partial charge >= 0.3 is 0 Å². The summed E-state index contributed by atoms with van der Waals surface area (Å²) in [6, 6.07) is 2.07. The quantitative estimate of drug-likeness (QED) is 0.749. The zero-order valence-corrected chi connectivity index (χ0v) is 11.8. The van der Waals surface area contributed by atoms with Gasteiger partial charge in [-0.05, 0) is 24.1 Å². The Morgan fingerprint density at radius 2 is 1.39 bits per heavy atom. The maximum atomic E-state index is 5.49. The fourth-order valence-electron chi connectivity index (χ4n) is 2.08. The number of methoxy groups -OCH3 is 4. The molecule has 102 valence electrons. The number of hydrogen-bond acceptors (Lipinski definition) is 4. The molecule has 1 rings (SSSR count). The lowest BCUT2D eigenvalue weighted by Crippen LogP contribution is -2.06. The van der Waals surface area contributed by atoms with E-state index in [9.17, 15) is 0 Å². The predicted molar refractivity (Wildman–Crippen MR) is 69.9 cm³/mol. The summed E-state index contributed by atoms with van der Waals surface area (Å²) in [4.78, 5) is 0. The molecule has 0 aliphatic rings. The number of benzene rings is 1. The maximum absolute atomic E-state index is 5.49. The van der Waals surface area contributed by atoms with Gasteiger partial charge in [0.25, 0.3) is 0 Å². The highest BCUT2D eigenvalue weighted by Gasteiger charge is 2.16. The van der Waals surface area contributed by atoms with E-state index in [0.29, 0.717) is 19.8 Å². The van der Waals surface area contributed by atoms with Crippen LogP contribution in [0.25, 0.3) is 0 Å². The third kappa shape index (κ3) is 3.22. The Bertz CT molecular complexity index is 388. The second-order valence-electron chi connectivity index (χ2n) is 4.13. The van der Waals surface area contributed by atoms with Crippen LogP contribution in [0.5, 0.6) is 5.75 Å². The smallest absolute Gasteiger partial charge is 0.130 e. The largest absolute Gasteiger partial charge is 0.496 e. The first kappa shape index (κ1) is 15.0. The van der Waals surface area contributed by atoms with Crippen molar-refractivity contribution in [2.45, 2.75) is 26.7 Å². The second kappa shape index (κ2) is 7.36. The Balaban J connectivity index is 3.32. The standard InChI is InChI=1S/C14H22O4/c1-10-11(7-15-2)6-12(8-16-3)14(18-5)13(10)9-17-4/h6H,7-9H2,1-5H3. The van der Waals surface area contributed by atoms with Crippen molar-refractivity contribution in [1.82, 2.24) is 0 Å². The number of hydrogen-bond donors (Lipinski definition) is 0. The molecule has 0 bridgehead atoms. The highest BCUT2D eigenvalue weighted by molar-refractivity contribution is 5.49. The van der Waals surface area contributed by atoms with Crippen LogP contribution in [0.15, 0.2) is 6.07 Å². The summed E-state index contributed by atoms with van der Waals surface area (Å²) < 4.78 is 21.2. The lowest BCUT2D eigenvalue weighted by atomic mass is 9.98. The van der Waals surface area contributed by atoms with Crippen molar-refractivity contribution in [2.24, 2.45) is 0 Å². The minimum absolute atomic E-state index is 0.511. The molecular weight excluding hydrogens is 232 g/mol. The van der Waals surface area contributed by atoms with Gasteiger partial charge in [-0.3, -0.25) is 0 Å². The van der Waals surface area contributed by atoms with Crippen molar-refractivity contribution in [3.8, 4) is 5.75 Å². The molecule has 4 nitrogen and oxygen atoms in total. The van der Waals surface area contributed by atoms with E-state index in [0.717, 1.165) is 28.0 Å². The Labute approximate surface area is 109 Å². The van der Waals surface area contributed by atoms with Crippen LogP contribution in [0, 0.1) is 6.92 Å². The van der Waals surface area contributed by atoms with Crippen LogP contribution in [-0.2, 0) is 34.0 Å². The van der Waals surface area contributed by atoms with E-state index in [1.54, 1.807) is 28.4 Å². The Morgan fingerprint density at radius 3 is 1.89 bits per heavy atom. The van der Waals surface area contributed by atoms with Crippen molar-refractivity contribution in [2.75, 3.05) is 28.4 Å². The molecule has 1 aromatic carbocycles. The van der Waals surface area contributed by atoms with Gasteiger partial charge in [0.05, 0.1) is 26.9 Å². The highest BCUT2D eigenvalue weighted by Crippen LogP contribution is 2.31. The molecule has 1 aromatic rings. The molecule has 0 atom stereocenters. The van der Waals surface area contributed by atoms with Gasteiger partial charge in [0.1, 0.15) is 5.75 Å². The molecule has 0 heterocycles. The van der Waals surface area contributed by atoms with Crippen molar-refractivity contribution < 1.29 is 18.9 Å². The summed E-state index contributed by atoms with van der Waals surface area (Å²) in [5.41, 5.74) is 4.36. The zero-order chi connectivity index (χ0) is 13.5. The SMILES string of the molecule is COCc1cc(COC)c(OC)c(COC)c1C. The van der Waals surface area contributed by atoms with Crippen LogP contribution >= 0.6 is 0 Å². The molecule has 0 saturated heterocycles. The van der Waals surface area contributed by atoms with Crippen LogP contribution in [0.2, 0.25) is 0 Å². The third-order valence-corrected chi connectivity index (χ3v) is 2.94. The van der Waals surface area contributed by atoms with E-state index in [4.69, 9.17) is 18.9 Å². The molecule has 0 amide bonds. The van der Waals surface area contributed by atoms with E-state index >= 15 is 0 Å². The Morgan fingerprint density at radius 1 is 0.833 bits per heavy atom. The van der Waals surface area contributed by atoms with Gasteiger partial charge in [0, 0.05) is 32.5 Å². The van der Waals surface area contributed by atoms with Crippen molar-refractivity contribution >= 4 is 0 Å². The van der Waals surface area contributed by atoms with E-state index in [1.807, 2.05) is 0 Å². The summed E-state index contributed by atoms with van der Waals surface area (Å²) in [5, 5.41) is 0. The predicted octanol–water partition coefficient (Wildman–Crippen LogP) is 2.44. The molecule has 0 unspecified atom stereocenters. The Kier molecular flexibility index (Phi) is 6.12. The fraction of sp³-hybridized carbons (Fsp3) is 0.571. The fourth-order valence-corrected chi connectivity index (χ4v) is 2.08. The summed E-state index contributed by atoms with van der Waals surface area (Å²) in [6.07, 6.45) is 0. The van der Waals surface area contributed by atoms with Gasteiger partial charge in [-0.15, -0.1) is 0 Å². The average Bonchev–Trinajstić information content (AvgIpc) is 2.36. The van der Waals surface area contributed by atoms with Gasteiger partial charge in [0.2, 0.25) is 0 Å². The van der Waals surface area contributed by atoms with E-state index in [1.165, 1.54) is 0 Å². The topological polar surface area (TPSA) is 36.9 Å².